The van der Waals surface area contributed by atoms with Crippen molar-refractivity contribution in [3.8, 4) is 0 Å². The smallest absolute Gasteiger partial charge is 0.227 e. The number of anilines is 1. The van der Waals surface area contributed by atoms with E-state index in [1.165, 1.54) is 0 Å². The van der Waals surface area contributed by atoms with Crippen LogP contribution in [0.4, 0.5) is 5.69 Å². The van der Waals surface area contributed by atoms with E-state index in [4.69, 9.17) is 0 Å². The van der Waals surface area contributed by atoms with Crippen LogP contribution in [0, 0.1) is 12.8 Å². The number of benzene rings is 1. The Kier molecular flexibility index (Phi) is 4.70. The Morgan fingerprint density at radius 3 is 2.74 bits per heavy atom. The van der Waals surface area contributed by atoms with Crippen LogP contribution < -0.4 is 4.90 Å². The minimum Gasteiger partial charge on any atom is -0.312 e. The van der Waals surface area contributed by atoms with Gasteiger partial charge in [-0.3, -0.25) is 4.79 Å². The van der Waals surface area contributed by atoms with Gasteiger partial charge in [0, 0.05) is 36.5 Å². The lowest BCUT2D eigenvalue weighted by Crippen LogP contribution is -2.24. The number of carbonyl (C=O) groups excluding carboxylic acids is 1. The van der Waals surface area contributed by atoms with Crippen LogP contribution >= 0.6 is 0 Å². The minimum atomic E-state index is 0.209. The zero-order valence-electron chi connectivity index (χ0n) is 13.8. The van der Waals surface area contributed by atoms with E-state index < -0.39 is 0 Å². The second-order valence-corrected chi connectivity index (χ2v) is 6.28. The first-order valence-electron chi connectivity index (χ1n) is 8.34. The molecule has 4 nitrogen and oxygen atoms in total. The van der Waals surface area contributed by atoms with Crippen LogP contribution in [0.2, 0.25) is 0 Å². The zero-order valence-corrected chi connectivity index (χ0v) is 13.8. The molecule has 3 rings (SSSR count). The number of para-hydroxylation sites is 1. The fourth-order valence-corrected chi connectivity index (χ4v) is 3.21. The van der Waals surface area contributed by atoms with Gasteiger partial charge in [-0.2, -0.15) is 0 Å². The fraction of sp³-hybridized carbons (Fsp3) is 0.421. The molecule has 0 unspecified atom stereocenters. The maximum absolute atomic E-state index is 12.3. The van der Waals surface area contributed by atoms with Crippen LogP contribution in [0.1, 0.15) is 37.0 Å². The molecule has 0 spiro atoms. The third-order valence-electron chi connectivity index (χ3n) is 4.20. The van der Waals surface area contributed by atoms with Crippen molar-refractivity contribution in [2.45, 2.75) is 39.5 Å². The largest absolute Gasteiger partial charge is 0.312 e. The molecule has 1 amide bonds. The SMILES string of the molecule is CCCc1nc(C)cc(C[C@H]2CC(=O)N(c3ccccc3)C2)n1. The highest BCUT2D eigenvalue weighted by Gasteiger charge is 2.30. The third kappa shape index (κ3) is 3.76. The van der Waals surface area contributed by atoms with Crippen molar-refractivity contribution >= 4 is 11.6 Å². The van der Waals surface area contributed by atoms with Gasteiger partial charge in [0.1, 0.15) is 5.82 Å². The average molecular weight is 309 g/mol. The van der Waals surface area contributed by atoms with Crippen molar-refractivity contribution in [1.82, 2.24) is 9.97 Å². The summed E-state index contributed by atoms with van der Waals surface area (Å²) >= 11 is 0. The molecule has 120 valence electrons. The Labute approximate surface area is 137 Å². The molecule has 0 saturated carbocycles. The summed E-state index contributed by atoms with van der Waals surface area (Å²) in [7, 11) is 0. The molecule has 1 aromatic carbocycles. The van der Waals surface area contributed by atoms with Crippen LogP contribution in [0.15, 0.2) is 36.4 Å². The molecule has 1 atom stereocenters. The van der Waals surface area contributed by atoms with Crippen LogP contribution in [0.25, 0.3) is 0 Å². The first-order chi connectivity index (χ1) is 11.2. The molecule has 2 aromatic rings. The van der Waals surface area contributed by atoms with Gasteiger partial charge < -0.3 is 4.90 Å². The number of aryl methyl sites for hydroxylation is 2. The Morgan fingerprint density at radius 1 is 1.22 bits per heavy atom. The zero-order chi connectivity index (χ0) is 16.2. The van der Waals surface area contributed by atoms with Gasteiger partial charge in [0.15, 0.2) is 0 Å². The lowest BCUT2D eigenvalue weighted by Gasteiger charge is -2.16. The predicted octanol–water partition coefficient (Wildman–Crippen LogP) is 3.33. The van der Waals surface area contributed by atoms with Gasteiger partial charge in [0.25, 0.3) is 0 Å². The first kappa shape index (κ1) is 15.7. The molecule has 2 heterocycles. The molecule has 1 fully saturated rings. The lowest BCUT2D eigenvalue weighted by atomic mass is 10.0. The predicted molar refractivity (Wildman–Crippen MR) is 91.4 cm³/mol. The molecule has 0 N–H and O–H groups in total. The number of hydrogen-bond acceptors (Lipinski definition) is 3. The summed E-state index contributed by atoms with van der Waals surface area (Å²) in [6.45, 7) is 4.92. The fourth-order valence-electron chi connectivity index (χ4n) is 3.21. The van der Waals surface area contributed by atoms with Gasteiger partial charge in [0.05, 0.1) is 0 Å². The van der Waals surface area contributed by atoms with Crippen molar-refractivity contribution in [2.24, 2.45) is 5.92 Å². The monoisotopic (exact) mass is 309 g/mol. The molecule has 1 aliphatic heterocycles. The second kappa shape index (κ2) is 6.90. The molecule has 0 bridgehead atoms. The Balaban J connectivity index is 1.71. The van der Waals surface area contributed by atoms with E-state index in [1.807, 2.05) is 42.2 Å². The summed E-state index contributed by atoms with van der Waals surface area (Å²) < 4.78 is 0. The molecular weight excluding hydrogens is 286 g/mol. The van der Waals surface area contributed by atoms with Crippen molar-refractivity contribution in [1.29, 1.82) is 0 Å². The quantitative estimate of drug-likeness (QED) is 0.851. The summed E-state index contributed by atoms with van der Waals surface area (Å²) in [5, 5.41) is 0. The van der Waals surface area contributed by atoms with Crippen LogP contribution in [-0.2, 0) is 17.6 Å². The normalized spacial score (nSPS) is 17.7. The average Bonchev–Trinajstić information content (AvgIpc) is 2.88. The number of nitrogens with zero attached hydrogens (tertiary/aromatic N) is 3. The lowest BCUT2D eigenvalue weighted by molar-refractivity contribution is -0.117. The highest BCUT2D eigenvalue weighted by molar-refractivity contribution is 5.95. The number of hydrogen-bond donors (Lipinski definition) is 0. The molecule has 0 radical (unpaired) electrons. The number of aromatic nitrogens is 2. The number of amides is 1. The highest BCUT2D eigenvalue weighted by atomic mass is 16.2. The van der Waals surface area contributed by atoms with E-state index in [-0.39, 0.29) is 5.91 Å². The molecule has 1 aromatic heterocycles. The third-order valence-corrected chi connectivity index (χ3v) is 4.20. The van der Waals surface area contributed by atoms with E-state index in [0.29, 0.717) is 12.3 Å². The summed E-state index contributed by atoms with van der Waals surface area (Å²) in [4.78, 5) is 23.4. The molecular formula is C19H23N3O. The van der Waals surface area contributed by atoms with E-state index in [0.717, 1.165) is 48.7 Å². The molecule has 1 saturated heterocycles. The minimum absolute atomic E-state index is 0.209. The molecule has 1 aliphatic rings. The molecule has 0 aliphatic carbocycles. The van der Waals surface area contributed by atoms with E-state index in [9.17, 15) is 4.79 Å². The van der Waals surface area contributed by atoms with Crippen LogP contribution in [0.3, 0.4) is 0 Å². The Morgan fingerprint density at radius 2 is 2.00 bits per heavy atom. The van der Waals surface area contributed by atoms with Crippen molar-refractivity contribution in [3.05, 3.63) is 53.6 Å². The van der Waals surface area contributed by atoms with Gasteiger partial charge in [-0.05, 0) is 43.9 Å². The summed E-state index contributed by atoms with van der Waals surface area (Å²) in [6.07, 6.45) is 3.40. The number of carbonyl (C=O) groups is 1. The van der Waals surface area contributed by atoms with Gasteiger partial charge in [-0.25, -0.2) is 9.97 Å². The first-order valence-corrected chi connectivity index (χ1v) is 8.34. The van der Waals surface area contributed by atoms with Crippen LogP contribution in [0.5, 0.6) is 0 Å². The standard InChI is InChI=1S/C19H23N3O/c1-3-7-18-20-14(2)10-16(21-18)11-15-12-19(23)22(13-15)17-8-5-4-6-9-17/h4-6,8-10,15H,3,7,11-13H2,1-2H3/t15-/m0/s1. The van der Waals surface area contributed by atoms with Crippen molar-refractivity contribution in [2.75, 3.05) is 11.4 Å². The highest BCUT2D eigenvalue weighted by Crippen LogP contribution is 2.26. The van der Waals surface area contributed by atoms with Crippen molar-refractivity contribution in [3.63, 3.8) is 0 Å². The summed E-state index contributed by atoms with van der Waals surface area (Å²) in [5.41, 5.74) is 3.07. The molecule has 23 heavy (non-hydrogen) atoms. The van der Waals surface area contributed by atoms with Gasteiger partial charge in [0.2, 0.25) is 5.91 Å². The topological polar surface area (TPSA) is 46.1 Å². The summed E-state index contributed by atoms with van der Waals surface area (Å²) in [6, 6.07) is 12.0. The van der Waals surface area contributed by atoms with Crippen molar-refractivity contribution < 1.29 is 4.79 Å². The Hall–Kier alpha value is -2.23. The summed E-state index contributed by atoms with van der Waals surface area (Å²) in [5.74, 6) is 1.46. The Bertz CT molecular complexity index is 684. The maximum atomic E-state index is 12.3. The van der Waals surface area contributed by atoms with Gasteiger partial charge in [-0.1, -0.05) is 25.1 Å². The van der Waals surface area contributed by atoms with E-state index in [2.05, 4.69) is 23.0 Å². The van der Waals surface area contributed by atoms with E-state index >= 15 is 0 Å². The van der Waals surface area contributed by atoms with Gasteiger partial charge >= 0.3 is 0 Å². The van der Waals surface area contributed by atoms with E-state index in [1.54, 1.807) is 0 Å². The second-order valence-electron chi connectivity index (χ2n) is 6.28. The number of rotatable bonds is 5. The maximum Gasteiger partial charge on any atom is 0.227 e. The van der Waals surface area contributed by atoms with Crippen LogP contribution in [-0.4, -0.2) is 22.4 Å². The molecule has 4 heteroatoms. The van der Waals surface area contributed by atoms with Gasteiger partial charge in [-0.15, -0.1) is 0 Å².